The van der Waals surface area contributed by atoms with Crippen LogP contribution in [0.5, 0.6) is 0 Å². The highest BCUT2D eigenvalue weighted by Crippen LogP contribution is 1.98. The molecule has 0 fully saturated rings. The maximum atomic E-state index is 10.9. The van der Waals surface area contributed by atoms with E-state index in [-0.39, 0.29) is 26.3 Å². The van der Waals surface area contributed by atoms with Crippen LogP contribution < -0.4 is 0 Å². The molecular formula is C13H19NO6. The van der Waals surface area contributed by atoms with Crippen molar-refractivity contribution in [3.63, 3.8) is 0 Å². The van der Waals surface area contributed by atoms with Gasteiger partial charge in [-0.15, -0.1) is 0 Å². The fourth-order valence-corrected chi connectivity index (χ4v) is 1.25. The Morgan fingerprint density at radius 3 is 2.00 bits per heavy atom. The number of ether oxygens (including phenoxy) is 2. The van der Waals surface area contributed by atoms with Gasteiger partial charge in [0.1, 0.15) is 6.61 Å². The molecule has 7 nitrogen and oxygen atoms in total. The Morgan fingerprint density at radius 1 is 0.950 bits per heavy atom. The molecule has 0 unspecified atom stereocenters. The van der Waals surface area contributed by atoms with Crippen LogP contribution in [-0.2, 0) is 19.1 Å². The average Bonchev–Trinajstić information content (AvgIpc) is 2.43. The largest absolute Gasteiger partial charge is 0.465 e. The van der Waals surface area contributed by atoms with Crippen LogP contribution in [0, 0.1) is 0 Å². The zero-order chi connectivity index (χ0) is 15.4. The Morgan fingerprint density at radius 2 is 1.50 bits per heavy atom. The van der Waals surface area contributed by atoms with E-state index < -0.39 is 18.0 Å². The van der Waals surface area contributed by atoms with Crippen LogP contribution in [0.3, 0.4) is 0 Å². The molecule has 0 aromatic heterocycles. The van der Waals surface area contributed by atoms with E-state index in [2.05, 4.69) is 13.2 Å². The van der Waals surface area contributed by atoms with E-state index in [0.717, 1.165) is 17.1 Å². The summed E-state index contributed by atoms with van der Waals surface area (Å²) < 4.78 is 9.46. The fraction of sp³-hybridized carbons (Fsp3) is 0.462. The van der Waals surface area contributed by atoms with E-state index in [4.69, 9.17) is 14.6 Å². The number of rotatable bonds is 10. The van der Waals surface area contributed by atoms with Gasteiger partial charge < -0.3 is 19.5 Å². The summed E-state index contributed by atoms with van der Waals surface area (Å²) in [6, 6.07) is 0. The van der Waals surface area contributed by atoms with Gasteiger partial charge in [-0.1, -0.05) is 13.2 Å². The van der Waals surface area contributed by atoms with Crippen molar-refractivity contribution in [3.8, 4) is 0 Å². The van der Waals surface area contributed by atoms with Gasteiger partial charge in [-0.05, 0) is 12.8 Å². The number of carboxylic acid groups (broad SMARTS) is 1. The summed E-state index contributed by atoms with van der Waals surface area (Å²) in [7, 11) is 0. The molecule has 112 valence electrons. The number of nitrogens with zero attached hydrogens (tertiary/aromatic N) is 1. The molecule has 0 saturated carbocycles. The molecule has 20 heavy (non-hydrogen) atoms. The van der Waals surface area contributed by atoms with Gasteiger partial charge in [0, 0.05) is 18.7 Å². The highest BCUT2D eigenvalue weighted by atomic mass is 16.5. The van der Waals surface area contributed by atoms with Crippen LogP contribution in [0.15, 0.2) is 25.3 Å². The first kappa shape index (κ1) is 17.7. The molecule has 0 heterocycles. The van der Waals surface area contributed by atoms with Crippen molar-refractivity contribution in [2.75, 3.05) is 26.3 Å². The van der Waals surface area contributed by atoms with Crippen LogP contribution in [0.25, 0.3) is 0 Å². The maximum absolute atomic E-state index is 10.9. The first-order valence-electron chi connectivity index (χ1n) is 6.07. The molecular weight excluding hydrogens is 266 g/mol. The van der Waals surface area contributed by atoms with Gasteiger partial charge in [0.15, 0.2) is 0 Å². The van der Waals surface area contributed by atoms with E-state index in [9.17, 15) is 14.4 Å². The molecule has 1 amide bonds. The fourth-order valence-electron chi connectivity index (χ4n) is 1.25. The quantitative estimate of drug-likeness (QED) is 0.368. The third-order valence-electron chi connectivity index (χ3n) is 2.28. The van der Waals surface area contributed by atoms with Gasteiger partial charge in [0.05, 0.1) is 13.2 Å². The highest BCUT2D eigenvalue weighted by Gasteiger charge is 2.11. The average molecular weight is 285 g/mol. The number of amides is 1. The summed E-state index contributed by atoms with van der Waals surface area (Å²) in [5, 5.41) is 8.95. The Balaban J connectivity index is 3.83. The number of carbonyl (C=O) groups excluding carboxylic acids is 2. The molecule has 0 rings (SSSR count). The second-order valence-corrected chi connectivity index (χ2v) is 3.72. The van der Waals surface area contributed by atoms with Crippen molar-refractivity contribution in [1.82, 2.24) is 4.90 Å². The molecule has 0 aliphatic rings. The summed E-state index contributed by atoms with van der Waals surface area (Å²) in [4.78, 5) is 33.6. The lowest BCUT2D eigenvalue weighted by Crippen LogP contribution is -2.34. The number of hydrogen-bond acceptors (Lipinski definition) is 5. The molecule has 0 aliphatic carbocycles. The van der Waals surface area contributed by atoms with Crippen molar-refractivity contribution in [2.45, 2.75) is 12.8 Å². The number of esters is 2. The molecule has 0 aliphatic heterocycles. The van der Waals surface area contributed by atoms with Crippen LogP contribution in [0.1, 0.15) is 12.8 Å². The maximum Gasteiger partial charge on any atom is 0.407 e. The lowest BCUT2D eigenvalue weighted by atomic mass is 10.3. The van der Waals surface area contributed by atoms with E-state index in [1.54, 1.807) is 0 Å². The zero-order valence-electron chi connectivity index (χ0n) is 11.2. The molecule has 0 bridgehead atoms. The van der Waals surface area contributed by atoms with Gasteiger partial charge in [-0.3, -0.25) is 0 Å². The SMILES string of the molecule is C=CC(=O)OCCCCN(CCOC(=O)C=C)C(=O)O. The third-order valence-corrected chi connectivity index (χ3v) is 2.28. The Labute approximate surface area is 117 Å². The predicted octanol–water partition coefficient (Wildman–Crippen LogP) is 1.21. The first-order chi connectivity index (χ1) is 9.51. The molecule has 0 atom stereocenters. The van der Waals surface area contributed by atoms with Crippen LogP contribution in [0.4, 0.5) is 4.79 Å². The molecule has 0 aromatic carbocycles. The standard InChI is InChI=1S/C13H19NO6/c1-3-11(15)19-9-6-5-7-14(13(17)18)8-10-20-12(16)4-2/h3-4H,1-2,5-10H2,(H,17,18). The number of carbonyl (C=O) groups is 3. The summed E-state index contributed by atoms with van der Waals surface area (Å²) in [6.07, 6.45) is 2.06. The third kappa shape index (κ3) is 8.73. The van der Waals surface area contributed by atoms with Crippen molar-refractivity contribution >= 4 is 18.0 Å². The Bertz CT molecular complexity index is 366. The minimum absolute atomic E-state index is 0.0252. The van der Waals surface area contributed by atoms with Gasteiger partial charge >= 0.3 is 18.0 Å². The molecule has 0 radical (unpaired) electrons. The van der Waals surface area contributed by atoms with Crippen molar-refractivity contribution in [1.29, 1.82) is 0 Å². The zero-order valence-corrected chi connectivity index (χ0v) is 11.2. The van der Waals surface area contributed by atoms with Crippen LogP contribution >= 0.6 is 0 Å². The monoisotopic (exact) mass is 285 g/mol. The van der Waals surface area contributed by atoms with Gasteiger partial charge in [0.25, 0.3) is 0 Å². The summed E-state index contributed by atoms with van der Waals surface area (Å²) in [5.41, 5.74) is 0. The second-order valence-electron chi connectivity index (χ2n) is 3.72. The summed E-state index contributed by atoms with van der Waals surface area (Å²) in [5.74, 6) is -1.09. The summed E-state index contributed by atoms with van der Waals surface area (Å²) >= 11 is 0. The van der Waals surface area contributed by atoms with E-state index >= 15 is 0 Å². The van der Waals surface area contributed by atoms with Crippen LogP contribution in [0.2, 0.25) is 0 Å². The molecule has 0 aromatic rings. The van der Waals surface area contributed by atoms with Gasteiger partial charge in [-0.2, -0.15) is 0 Å². The second kappa shape index (κ2) is 10.6. The molecule has 7 heteroatoms. The lowest BCUT2D eigenvalue weighted by molar-refractivity contribution is -0.138. The first-order valence-corrected chi connectivity index (χ1v) is 6.07. The summed E-state index contributed by atoms with van der Waals surface area (Å²) in [6.45, 7) is 7.03. The smallest absolute Gasteiger partial charge is 0.407 e. The van der Waals surface area contributed by atoms with Gasteiger partial charge in [0.2, 0.25) is 0 Å². The molecule has 1 N–H and O–H groups in total. The van der Waals surface area contributed by atoms with Gasteiger partial charge in [-0.25, -0.2) is 14.4 Å². The molecule has 0 saturated heterocycles. The lowest BCUT2D eigenvalue weighted by Gasteiger charge is -2.18. The number of hydrogen-bond donors (Lipinski definition) is 1. The normalized spacial score (nSPS) is 9.40. The highest BCUT2D eigenvalue weighted by molar-refractivity contribution is 5.81. The van der Waals surface area contributed by atoms with E-state index in [1.807, 2.05) is 0 Å². The van der Waals surface area contributed by atoms with E-state index in [1.165, 1.54) is 0 Å². The van der Waals surface area contributed by atoms with Crippen LogP contribution in [-0.4, -0.2) is 54.3 Å². The predicted molar refractivity (Wildman–Crippen MR) is 71.1 cm³/mol. The Kier molecular flexibility index (Phi) is 9.37. The van der Waals surface area contributed by atoms with Crippen molar-refractivity contribution in [3.05, 3.63) is 25.3 Å². The minimum atomic E-state index is -1.09. The number of unbranched alkanes of at least 4 members (excludes halogenated alkanes) is 1. The topological polar surface area (TPSA) is 93.1 Å². The molecule has 0 spiro atoms. The van der Waals surface area contributed by atoms with Crippen molar-refractivity contribution in [2.24, 2.45) is 0 Å². The Hall–Kier alpha value is -2.31. The van der Waals surface area contributed by atoms with Crippen molar-refractivity contribution < 1.29 is 29.0 Å². The minimum Gasteiger partial charge on any atom is -0.465 e. The van der Waals surface area contributed by atoms with E-state index in [0.29, 0.717) is 12.8 Å².